The Bertz CT molecular complexity index is 573. The fourth-order valence-electron chi connectivity index (χ4n) is 1.74. The number of methoxy groups -OCH3 is 1. The summed E-state index contributed by atoms with van der Waals surface area (Å²) in [5.74, 6) is -4.28. The molecule has 0 aromatic heterocycles. The lowest BCUT2D eigenvalue weighted by atomic mass is 10.0. The fraction of sp³-hybridized carbons (Fsp3) is 0.385. The minimum Gasteiger partial charge on any atom is -0.465 e. The number of hydrogen-bond acceptors (Lipinski definition) is 4. The third kappa shape index (κ3) is 3.80. The summed E-state index contributed by atoms with van der Waals surface area (Å²) in [6.45, 7) is 1.98. The van der Waals surface area contributed by atoms with Crippen LogP contribution in [0.3, 0.4) is 0 Å². The Balaban J connectivity index is 3.65. The van der Waals surface area contributed by atoms with Crippen molar-refractivity contribution in [3.63, 3.8) is 0 Å². The molecule has 0 atom stereocenters. The molecule has 0 saturated heterocycles. The van der Waals surface area contributed by atoms with E-state index in [1.165, 1.54) is 27.1 Å². The third-order valence-electron chi connectivity index (χ3n) is 2.95. The van der Waals surface area contributed by atoms with Gasteiger partial charge in [-0.2, -0.15) is 0 Å². The second-order valence-corrected chi connectivity index (χ2v) is 5.01. The molecule has 0 saturated carbocycles. The lowest BCUT2D eigenvalue weighted by Crippen LogP contribution is -2.27. The van der Waals surface area contributed by atoms with E-state index in [4.69, 9.17) is 0 Å². The van der Waals surface area contributed by atoms with E-state index in [-0.39, 0.29) is 22.5 Å². The van der Waals surface area contributed by atoms with Crippen LogP contribution >= 0.6 is 22.9 Å². The average Bonchev–Trinajstić information content (AvgIpc) is 2.42. The monoisotopic (exact) mass is 412 g/mol. The van der Waals surface area contributed by atoms with Crippen molar-refractivity contribution in [1.82, 2.24) is 0 Å². The minimum absolute atomic E-state index is 0.0363. The number of nitrogens with zero attached hydrogens (tertiary/aromatic N) is 1. The van der Waals surface area contributed by atoms with Gasteiger partial charge in [0.05, 0.1) is 46.9 Å². The summed E-state index contributed by atoms with van der Waals surface area (Å²) in [6.07, 6.45) is 0. The molecule has 0 aliphatic carbocycles. The van der Waals surface area contributed by atoms with Gasteiger partial charge in [0.15, 0.2) is 0 Å². The molecule has 0 spiro atoms. The van der Waals surface area contributed by atoms with E-state index in [0.717, 1.165) is 17.9 Å². The number of carbonyl (C=O) groups excluding carboxylic acids is 2. The maximum absolute atomic E-state index is 13.8. The summed E-state index contributed by atoms with van der Waals surface area (Å²) >= 11 is 1.73. The molecule has 0 aliphatic heterocycles. The van der Waals surface area contributed by atoms with E-state index in [9.17, 15) is 18.4 Å². The number of carbonyl (C=O) groups is 2. The van der Waals surface area contributed by atoms with Crippen LogP contribution in [0.5, 0.6) is 0 Å². The molecule has 1 amide bonds. The molecule has 8 heteroatoms. The molecule has 5 nitrogen and oxygen atoms in total. The first-order chi connectivity index (χ1) is 9.63. The molecule has 1 rings (SSSR count). The first-order valence-corrected chi connectivity index (χ1v) is 6.97. The second kappa shape index (κ2) is 6.54. The molecule has 0 aliphatic rings. The molecular weight excluding hydrogens is 397 g/mol. The van der Waals surface area contributed by atoms with Crippen LogP contribution in [0.15, 0.2) is 12.1 Å². The highest BCUT2D eigenvalue weighted by molar-refractivity contribution is 14.1. The predicted octanol–water partition coefficient (Wildman–Crippen LogP) is 3.33. The van der Waals surface area contributed by atoms with Crippen LogP contribution in [0.25, 0.3) is 0 Å². The Morgan fingerprint density at radius 2 is 1.95 bits per heavy atom. The highest BCUT2D eigenvalue weighted by Gasteiger charge is 2.32. The van der Waals surface area contributed by atoms with Gasteiger partial charge in [-0.3, -0.25) is 4.79 Å². The standard InChI is InChI=1S/C13H15F2IN2O3/c1-7(19)18(3)11-5-8(12(20)21-4)10(17-16)6-9(11)13(2,14)15/h5-6,17H,1-4H3. The van der Waals surface area contributed by atoms with Crippen LogP contribution in [0.2, 0.25) is 0 Å². The lowest BCUT2D eigenvalue weighted by Gasteiger charge is -2.24. The number of alkyl halides is 2. The number of benzene rings is 1. The normalized spacial score (nSPS) is 11.0. The van der Waals surface area contributed by atoms with Gasteiger partial charge in [-0.25, -0.2) is 13.6 Å². The highest BCUT2D eigenvalue weighted by atomic mass is 127. The Labute approximate surface area is 135 Å². The summed E-state index contributed by atoms with van der Waals surface area (Å²) in [4.78, 5) is 24.3. The molecule has 116 valence electrons. The van der Waals surface area contributed by atoms with E-state index in [1.807, 2.05) is 0 Å². The summed E-state index contributed by atoms with van der Waals surface area (Å²) < 4.78 is 34.8. The first-order valence-electron chi connectivity index (χ1n) is 5.89. The maximum atomic E-state index is 13.8. The largest absolute Gasteiger partial charge is 0.465 e. The van der Waals surface area contributed by atoms with Gasteiger partial charge in [-0.15, -0.1) is 0 Å². The topological polar surface area (TPSA) is 58.6 Å². The van der Waals surface area contributed by atoms with Gasteiger partial charge in [-0.1, -0.05) is 0 Å². The van der Waals surface area contributed by atoms with Crippen molar-refractivity contribution in [3.8, 4) is 0 Å². The number of halogens is 3. The molecule has 1 aromatic carbocycles. The first kappa shape index (κ1) is 17.6. The number of amides is 1. The minimum atomic E-state index is -3.17. The van der Waals surface area contributed by atoms with Crippen molar-refractivity contribution in [2.45, 2.75) is 19.8 Å². The third-order valence-corrected chi connectivity index (χ3v) is 3.53. The van der Waals surface area contributed by atoms with Gasteiger partial charge >= 0.3 is 5.97 Å². The van der Waals surface area contributed by atoms with Crippen LogP contribution in [0.4, 0.5) is 20.2 Å². The van der Waals surface area contributed by atoms with Crippen molar-refractivity contribution >= 4 is 46.1 Å². The van der Waals surface area contributed by atoms with Gasteiger partial charge in [0, 0.05) is 26.5 Å². The summed E-state index contributed by atoms with van der Waals surface area (Å²) in [7, 11) is 2.56. The molecule has 0 radical (unpaired) electrons. The van der Waals surface area contributed by atoms with Gasteiger partial charge < -0.3 is 13.2 Å². The van der Waals surface area contributed by atoms with Crippen LogP contribution in [0, 0.1) is 0 Å². The zero-order valence-electron chi connectivity index (χ0n) is 12.0. The molecule has 1 aromatic rings. The summed E-state index contributed by atoms with van der Waals surface area (Å²) in [6, 6.07) is 2.37. The van der Waals surface area contributed by atoms with Gasteiger partial charge in [0.2, 0.25) is 5.91 Å². The number of esters is 1. The van der Waals surface area contributed by atoms with Crippen molar-refractivity contribution in [2.75, 3.05) is 22.6 Å². The number of ether oxygens (including phenoxy) is 1. The highest BCUT2D eigenvalue weighted by Crippen LogP contribution is 2.38. The van der Waals surface area contributed by atoms with Crippen LogP contribution in [-0.2, 0) is 15.5 Å². The number of anilines is 2. The second-order valence-electron chi connectivity index (χ2n) is 4.47. The molecule has 21 heavy (non-hydrogen) atoms. The Hall–Kier alpha value is -1.45. The fourth-order valence-corrected chi connectivity index (χ4v) is 2.19. The molecular formula is C13H15F2IN2O3. The number of rotatable bonds is 4. The van der Waals surface area contributed by atoms with Crippen molar-refractivity contribution in [2.24, 2.45) is 0 Å². The van der Waals surface area contributed by atoms with E-state index in [1.54, 1.807) is 22.9 Å². The van der Waals surface area contributed by atoms with Gasteiger partial charge in [0.25, 0.3) is 5.92 Å². The van der Waals surface area contributed by atoms with Crippen molar-refractivity contribution < 1.29 is 23.1 Å². The van der Waals surface area contributed by atoms with Crippen LogP contribution < -0.4 is 8.43 Å². The Kier molecular flexibility index (Phi) is 5.48. The van der Waals surface area contributed by atoms with Crippen LogP contribution in [-0.4, -0.2) is 26.0 Å². The Morgan fingerprint density at radius 1 is 1.38 bits per heavy atom. The quantitative estimate of drug-likeness (QED) is 0.469. The maximum Gasteiger partial charge on any atom is 0.340 e. The van der Waals surface area contributed by atoms with Gasteiger partial charge in [-0.05, 0) is 12.1 Å². The number of hydrogen-bond donors (Lipinski definition) is 1. The zero-order valence-corrected chi connectivity index (χ0v) is 14.1. The lowest BCUT2D eigenvalue weighted by molar-refractivity contribution is -0.116. The van der Waals surface area contributed by atoms with Crippen LogP contribution in [0.1, 0.15) is 29.8 Å². The summed E-state index contributed by atoms with van der Waals surface area (Å²) in [5.41, 5.74) is -0.125. The zero-order chi connectivity index (χ0) is 16.4. The van der Waals surface area contributed by atoms with E-state index in [0.29, 0.717) is 0 Å². The van der Waals surface area contributed by atoms with Crippen molar-refractivity contribution in [3.05, 3.63) is 23.3 Å². The average molecular weight is 412 g/mol. The SMILES string of the molecule is COC(=O)c1cc(N(C)C(C)=O)c(C(C)(F)F)cc1NI. The Morgan fingerprint density at radius 3 is 2.33 bits per heavy atom. The molecule has 0 heterocycles. The molecule has 0 fully saturated rings. The van der Waals surface area contributed by atoms with Crippen molar-refractivity contribution in [1.29, 1.82) is 0 Å². The predicted molar refractivity (Wildman–Crippen MR) is 84.1 cm³/mol. The van der Waals surface area contributed by atoms with E-state index in [2.05, 4.69) is 8.27 Å². The molecule has 0 bridgehead atoms. The number of nitrogens with one attached hydrogen (secondary N) is 1. The van der Waals surface area contributed by atoms with E-state index >= 15 is 0 Å². The summed E-state index contributed by atoms with van der Waals surface area (Å²) in [5, 5.41) is 0. The smallest absolute Gasteiger partial charge is 0.340 e. The van der Waals surface area contributed by atoms with Gasteiger partial charge in [0.1, 0.15) is 0 Å². The molecule has 1 N–H and O–H groups in total. The molecule has 0 unspecified atom stereocenters. The van der Waals surface area contributed by atoms with E-state index < -0.39 is 17.8 Å².